The minimum Gasteiger partial charge on any atom is -0.463 e. The second-order valence-corrected chi connectivity index (χ2v) is 7.99. The number of ether oxygens (including phenoxy) is 1. The van der Waals surface area contributed by atoms with Crippen LogP contribution in [0.1, 0.15) is 22.8 Å². The highest BCUT2D eigenvalue weighted by molar-refractivity contribution is 6.06. The third-order valence-corrected chi connectivity index (χ3v) is 5.55. The summed E-state index contributed by atoms with van der Waals surface area (Å²) < 4.78 is 7.30. The lowest BCUT2D eigenvalue weighted by atomic mass is 10.1. The summed E-state index contributed by atoms with van der Waals surface area (Å²) in [5, 5.41) is 9.64. The minimum absolute atomic E-state index is 0.154. The van der Waals surface area contributed by atoms with Gasteiger partial charge in [0.1, 0.15) is 0 Å². The van der Waals surface area contributed by atoms with Gasteiger partial charge < -0.3 is 10.1 Å². The fraction of sp³-hybridized carbons (Fsp3) is 0.107. The molecule has 0 fully saturated rings. The first kappa shape index (κ1) is 21.4. The van der Waals surface area contributed by atoms with Crippen molar-refractivity contribution in [3.05, 3.63) is 102 Å². The normalized spacial score (nSPS) is 10.9. The van der Waals surface area contributed by atoms with Crippen LogP contribution in [-0.4, -0.2) is 27.3 Å². The summed E-state index contributed by atoms with van der Waals surface area (Å²) in [7, 11) is 0. The second kappa shape index (κ2) is 9.19. The van der Waals surface area contributed by atoms with Crippen LogP contribution in [0.15, 0.2) is 91.0 Å². The first-order valence-electron chi connectivity index (χ1n) is 11.2. The summed E-state index contributed by atoms with van der Waals surface area (Å²) in [4.78, 5) is 17.4. The van der Waals surface area contributed by atoms with E-state index in [1.807, 2.05) is 105 Å². The van der Waals surface area contributed by atoms with Crippen LogP contribution in [0.25, 0.3) is 27.8 Å². The smallest absolute Gasteiger partial charge is 0.336 e. The maximum atomic E-state index is 12.8. The van der Waals surface area contributed by atoms with Crippen molar-refractivity contribution >= 4 is 22.4 Å². The fourth-order valence-corrected chi connectivity index (χ4v) is 3.77. The Balaban J connectivity index is 1.40. The second-order valence-electron chi connectivity index (χ2n) is 7.99. The molecule has 0 bridgehead atoms. The average Bonchev–Trinajstić information content (AvgIpc) is 3.28. The van der Waals surface area contributed by atoms with Crippen molar-refractivity contribution < 1.29 is 9.53 Å². The Hall–Kier alpha value is -4.45. The lowest BCUT2D eigenvalue weighted by Crippen LogP contribution is -2.11. The monoisotopic (exact) mass is 448 g/mol. The number of aromatic nitrogens is 3. The molecule has 0 saturated heterocycles. The van der Waals surface area contributed by atoms with Gasteiger partial charge in [-0.2, -0.15) is 4.98 Å². The number of aryl methyl sites for hydroxylation is 1. The molecular formula is C28H24N4O2. The number of fused-ring (bicyclic) bond motifs is 1. The molecule has 4 aromatic carbocycles. The zero-order valence-electron chi connectivity index (χ0n) is 19.0. The van der Waals surface area contributed by atoms with Gasteiger partial charge in [-0.05, 0) is 61.0 Å². The molecule has 0 aliphatic rings. The minimum atomic E-state index is -0.154. The van der Waals surface area contributed by atoms with E-state index in [9.17, 15) is 4.79 Å². The van der Waals surface area contributed by atoms with Gasteiger partial charge in [0.2, 0.25) is 0 Å². The van der Waals surface area contributed by atoms with Crippen molar-refractivity contribution in [2.75, 3.05) is 11.9 Å². The summed E-state index contributed by atoms with van der Waals surface area (Å²) in [5.41, 5.74) is 4.24. The van der Waals surface area contributed by atoms with Crippen LogP contribution in [0.3, 0.4) is 0 Å². The van der Waals surface area contributed by atoms with Gasteiger partial charge in [0.25, 0.3) is 5.91 Å². The van der Waals surface area contributed by atoms with Gasteiger partial charge in [-0.25, -0.2) is 4.68 Å². The first-order valence-corrected chi connectivity index (χ1v) is 11.2. The third kappa shape index (κ3) is 4.38. The highest BCUT2D eigenvalue weighted by atomic mass is 16.5. The molecule has 34 heavy (non-hydrogen) atoms. The summed E-state index contributed by atoms with van der Waals surface area (Å²) in [6.07, 6.45) is 0. The van der Waals surface area contributed by atoms with Gasteiger partial charge >= 0.3 is 6.01 Å². The maximum Gasteiger partial charge on any atom is 0.336 e. The molecular weight excluding hydrogens is 424 g/mol. The SMILES string of the molecule is CCOc1nc(-c2ccc(C)cc2)n(-c2ccc(NC(=O)c3ccc4ccccc4c3)cc2)n1. The highest BCUT2D eigenvalue weighted by Crippen LogP contribution is 2.25. The van der Waals surface area contributed by atoms with Gasteiger partial charge in [-0.1, -0.05) is 60.2 Å². The topological polar surface area (TPSA) is 69.0 Å². The van der Waals surface area contributed by atoms with E-state index in [-0.39, 0.29) is 5.91 Å². The molecule has 1 N–H and O–H groups in total. The zero-order chi connectivity index (χ0) is 23.5. The Morgan fingerprint density at radius 1 is 0.912 bits per heavy atom. The van der Waals surface area contributed by atoms with Crippen LogP contribution in [0, 0.1) is 6.92 Å². The quantitative estimate of drug-likeness (QED) is 0.343. The number of nitrogens with one attached hydrogen (secondary N) is 1. The Bertz CT molecular complexity index is 1450. The molecule has 5 aromatic rings. The number of carbonyl (C=O) groups excluding carboxylic acids is 1. The molecule has 168 valence electrons. The number of amides is 1. The van der Waals surface area contributed by atoms with Crippen molar-refractivity contribution in [1.82, 2.24) is 14.8 Å². The maximum absolute atomic E-state index is 12.8. The molecule has 0 unspecified atom stereocenters. The predicted octanol–water partition coefficient (Wildman–Crippen LogP) is 6.05. The summed E-state index contributed by atoms with van der Waals surface area (Å²) in [6, 6.07) is 29.6. The van der Waals surface area contributed by atoms with Crippen molar-refractivity contribution in [2.24, 2.45) is 0 Å². The molecule has 0 atom stereocenters. The van der Waals surface area contributed by atoms with Crippen LogP contribution < -0.4 is 10.1 Å². The first-order chi connectivity index (χ1) is 16.6. The van der Waals surface area contributed by atoms with Crippen molar-refractivity contribution in [3.63, 3.8) is 0 Å². The molecule has 0 spiro atoms. The zero-order valence-corrected chi connectivity index (χ0v) is 19.0. The molecule has 0 saturated carbocycles. The number of rotatable bonds is 6. The summed E-state index contributed by atoms with van der Waals surface area (Å²) in [6.45, 7) is 4.43. The molecule has 1 heterocycles. The van der Waals surface area contributed by atoms with Crippen LogP contribution >= 0.6 is 0 Å². The van der Waals surface area contributed by atoms with E-state index < -0.39 is 0 Å². The van der Waals surface area contributed by atoms with E-state index in [0.717, 1.165) is 22.0 Å². The van der Waals surface area contributed by atoms with Crippen molar-refractivity contribution in [1.29, 1.82) is 0 Å². The van der Waals surface area contributed by atoms with Gasteiger partial charge in [0, 0.05) is 16.8 Å². The van der Waals surface area contributed by atoms with Gasteiger partial charge in [0.05, 0.1) is 12.3 Å². The number of anilines is 1. The van der Waals surface area contributed by atoms with Crippen molar-refractivity contribution in [3.8, 4) is 23.1 Å². The lowest BCUT2D eigenvalue weighted by molar-refractivity contribution is 0.102. The molecule has 1 aromatic heterocycles. The van der Waals surface area contributed by atoms with E-state index in [0.29, 0.717) is 29.7 Å². The number of benzene rings is 4. The lowest BCUT2D eigenvalue weighted by Gasteiger charge is -2.09. The Morgan fingerprint density at radius 3 is 2.38 bits per heavy atom. The van der Waals surface area contributed by atoms with E-state index in [4.69, 9.17) is 4.74 Å². The van der Waals surface area contributed by atoms with E-state index in [1.165, 1.54) is 5.56 Å². The van der Waals surface area contributed by atoms with Crippen molar-refractivity contribution in [2.45, 2.75) is 13.8 Å². The van der Waals surface area contributed by atoms with Gasteiger partial charge in [-0.3, -0.25) is 4.79 Å². The fourth-order valence-electron chi connectivity index (χ4n) is 3.77. The van der Waals surface area contributed by atoms with Crippen LogP contribution in [-0.2, 0) is 0 Å². The molecule has 6 heteroatoms. The van der Waals surface area contributed by atoms with E-state index in [1.54, 1.807) is 4.68 Å². The molecule has 0 radical (unpaired) electrons. The number of hydrogen-bond donors (Lipinski definition) is 1. The molecule has 1 amide bonds. The predicted molar refractivity (Wildman–Crippen MR) is 135 cm³/mol. The summed E-state index contributed by atoms with van der Waals surface area (Å²) >= 11 is 0. The number of carbonyl (C=O) groups is 1. The standard InChI is InChI=1S/C28H24N4O2/c1-3-34-28-30-26(21-10-8-19(2)9-11-21)32(31-28)25-16-14-24(15-17-25)29-27(33)23-13-12-20-6-4-5-7-22(20)18-23/h4-18H,3H2,1-2H3,(H,29,33). The van der Waals surface area contributed by atoms with E-state index in [2.05, 4.69) is 15.4 Å². The number of nitrogens with zero attached hydrogens (tertiary/aromatic N) is 3. The largest absolute Gasteiger partial charge is 0.463 e. The van der Waals surface area contributed by atoms with Crippen LogP contribution in [0.4, 0.5) is 5.69 Å². The molecule has 6 nitrogen and oxygen atoms in total. The molecule has 5 rings (SSSR count). The third-order valence-electron chi connectivity index (χ3n) is 5.55. The van der Waals surface area contributed by atoms with Crippen LogP contribution in [0.5, 0.6) is 6.01 Å². The Morgan fingerprint density at radius 2 is 1.65 bits per heavy atom. The van der Waals surface area contributed by atoms with Gasteiger partial charge in [-0.15, -0.1) is 5.10 Å². The molecule has 0 aliphatic carbocycles. The number of hydrogen-bond acceptors (Lipinski definition) is 4. The Labute approximate surface area is 197 Å². The Kier molecular flexibility index (Phi) is 5.79. The highest BCUT2D eigenvalue weighted by Gasteiger charge is 2.15. The van der Waals surface area contributed by atoms with Crippen LogP contribution in [0.2, 0.25) is 0 Å². The molecule has 0 aliphatic heterocycles. The van der Waals surface area contributed by atoms with E-state index >= 15 is 0 Å². The summed E-state index contributed by atoms with van der Waals surface area (Å²) in [5.74, 6) is 0.537. The van der Waals surface area contributed by atoms with Gasteiger partial charge in [0.15, 0.2) is 5.82 Å². The average molecular weight is 449 g/mol.